The molecule has 0 unspecified atom stereocenters. The van der Waals surface area contributed by atoms with Crippen LogP contribution in [0, 0.1) is 6.92 Å². The van der Waals surface area contributed by atoms with Gasteiger partial charge in [-0.25, -0.2) is 0 Å². The molecule has 1 aromatic heterocycles. The number of aryl methyl sites for hydroxylation is 2. The molecule has 0 bridgehead atoms. The van der Waals surface area contributed by atoms with Gasteiger partial charge in [-0.2, -0.15) is 0 Å². The molecule has 2 rings (SSSR count). The lowest BCUT2D eigenvalue weighted by atomic mass is 10.2. The van der Waals surface area contributed by atoms with E-state index in [-0.39, 0.29) is 6.04 Å². The van der Waals surface area contributed by atoms with Crippen molar-refractivity contribution in [3.8, 4) is 0 Å². The molecular formula is C9H12N2. The molecule has 2 N–H and O–H groups in total. The van der Waals surface area contributed by atoms with Gasteiger partial charge in [-0.15, -0.1) is 0 Å². The van der Waals surface area contributed by atoms with Crippen molar-refractivity contribution in [2.75, 3.05) is 0 Å². The van der Waals surface area contributed by atoms with Gasteiger partial charge in [-0.05, 0) is 30.9 Å². The monoisotopic (exact) mass is 148 g/mol. The van der Waals surface area contributed by atoms with Crippen molar-refractivity contribution in [3.05, 3.63) is 29.1 Å². The average molecular weight is 148 g/mol. The van der Waals surface area contributed by atoms with Crippen molar-refractivity contribution in [2.45, 2.75) is 25.8 Å². The summed E-state index contributed by atoms with van der Waals surface area (Å²) in [4.78, 5) is 4.31. The SMILES string of the molecule is Cc1cnc2c(c1)CC[C@H]2N. The predicted molar refractivity (Wildman–Crippen MR) is 44.2 cm³/mol. The molecule has 0 fully saturated rings. The zero-order valence-corrected chi connectivity index (χ0v) is 6.67. The molecular weight excluding hydrogens is 136 g/mol. The molecule has 1 heterocycles. The molecule has 1 atom stereocenters. The molecule has 58 valence electrons. The lowest BCUT2D eigenvalue weighted by Crippen LogP contribution is -2.06. The van der Waals surface area contributed by atoms with E-state index in [1.54, 1.807) is 0 Å². The first-order valence-electron chi connectivity index (χ1n) is 3.98. The Balaban J connectivity index is 2.50. The van der Waals surface area contributed by atoms with Crippen LogP contribution in [0.15, 0.2) is 12.3 Å². The summed E-state index contributed by atoms with van der Waals surface area (Å²) in [6, 6.07) is 2.38. The number of hydrogen-bond acceptors (Lipinski definition) is 2. The van der Waals surface area contributed by atoms with E-state index in [1.807, 2.05) is 6.20 Å². The van der Waals surface area contributed by atoms with Crippen LogP contribution in [0.4, 0.5) is 0 Å². The van der Waals surface area contributed by atoms with Crippen molar-refractivity contribution in [2.24, 2.45) is 5.73 Å². The minimum absolute atomic E-state index is 0.186. The topological polar surface area (TPSA) is 38.9 Å². The van der Waals surface area contributed by atoms with Crippen molar-refractivity contribution < 1.29 is 0 Å². The van der Waals surface area contributed by atoms with Gasteiger partial charge in [-0.1, -0.05) is 6.07 Å². The maximum Gasteiger partial charge on any atom is 0.0603 e. The van der Waals surface area contributed by atoms with Crippen LogP contribution in [-0.2, 0) is 6.42 Å². The summed E-state index contributed by atoms with van der Waals surface area (Å²) >= 11 is 0. The lowest BCUT2D eigenvalue weighted by molar-refractivity contribution is 0.697. The Hall–Kier alpha value is -0.890. The number of nitrogens with two attached hydrogens (primary N) is 1. The van der Waals surface area contributed by atoms with Gasteiger partial charge in [0.25, 0.3) is 0 Å². The quantitative estimate of drug-likeness (QED) is 0.603. The lowest BCUT2D eigenvalue weighted by Gasteiger charge is -2.02. The van der Waals surface area contributed by atoms with Crippen molar-refractivity contribution in [3.63, 3.8) is 0 Å². The summed E-state index contributed by atoms with van der Waals surface area (Å²) in [6.45, 7) is 2.07. The number of fused-ring (bicyclic) bond motifs is 1. The summed E-state index contributed by atoms with van der Waals surface area (Å²) in [5.41, 5.74) is 9.52. The van der Waals surface area contributed by atoms with Gasteiger partial charge in [0, 0.05) is 12.2 Å². The fraction of sp³-hybridized carbons (Fsp3) is 0.444. The maximum atomic E-state index is 5.83. The number of rotatable bonds is 0. The van der Waals surface area contributed by atoms with Crippen LogP contribution in [0.25, 0.3) is 0 Å². The highest BCUT2D eigenvalue weighted by Crippen LogP contribution is 2.27. The summed E-state index contributed by atoms with van der Waals surface area (Å²) < 4.78 is 0. The third-order valence-corrected chi connectivity index (χ3v) is 2.21. The fourth-order valence-corrected chi connectivity index (χ4v) is 1.62. The van der Waals surface area contributed by atoms with Crippen LogP contribution in [0.2, 0.25) is 0 Å². The molecule has 0 saturated carbocycles. The second-order valence-electron chi connectivity index (χ2n) is 3.20. The second kappa shape index (κ2) is 2.31. The average Bonchev–Trinajstić information content (AvgIpc) is 2.32. The minimum Gasteiger partial charge on any atom is -0.323 e. The van der Waals surface area contributed by atoms with Gasteiger partial charge in [0.1, 0.15) is 0 Å². The number of pyridine rings is 1. The first-order chi connectivity index (χ1) is 5.27. The van der Waals surface area contributed by atoms with Gasteiger partial charge >= 0.3 is 0 Å². The molecule has 11 heavy (non-hydrogen) atoms. The zero-order chi connectivity index (χ0) is 7.84. The van der Waals surface area contributed by atoms with Gasteiger partial charge in [0.05, 0.1) is 5.69 Å². The number of nitrogens with zero attached hydrogens (tertiary/aromatic N) is 1. The first-order valence-corrected chi connectivity index (χ1v) is 3.98. The zero-order valence-electron chi connectivity index (χ0n) is 6.67. The van der Waals surface area contributed by atoms with E-state index in [0.717, 1.165) is 18.5 Å². The van der Waals surface area contributed by atoms with Crippen LogP contribution in [0.3, 0.4) is 0 Å². The molecule has 2 heteroatoms. The summed E-state index contributed by atoms with van der Waals surface area (Å²) in [6.07, 6.45) is 4.06. The van der Waals surface area contributed by atoms with E-state index in [4.69, 9.17) is 5.73 Å². The molecule has 1 aliphatic carbocycles. The van der Waals surface area contributed by atoms with Gasteiger partial charge < -0.3 is 5.73 Å². The molecule has 1 aromatic rings. The standard InChI is InChI=1S/C9H12N2/c1-6-4-7-2-3-8(10)9(7)11-5-6/h4-5,8H,2-3,10H2,1H3/t8-/m1/s1. The summed E-state index contributed by atoms with van der Waals surface area (Å²) in [7, 11) is 0. The molecule has 0 amide bonds. The highest BCUT2D eigenvalue weighted by molar-refractivity contribution is 5.30. The van der Waals surface area contributed by atoms with Gasteiger partial charge in [0.2, 0.25) is 0 Å². The third kappa shape index (κ3) is 1.03. The van der Waals surface area contributed by atoms with Crippen molar-refractivity contribution in [1.82, 2.24) is 4.98 Å². The molecule has 0 aromatic carbocycles. The van der Waals surface area contributed by atoms with Crippen LogP contribution in [0.1, 0.15) is 29.3 Å². The molecule has 1 aliphatic rings. The Morgan fingerprint density at radius 3 is 3.27 bits per heavy atom. The van der Waals surface area contributed by atoms with E-state index in [0.29, 0.717) is 0 Å². The normalized spacial score (nSPS) is 21.8. The molecule has 0 aliphatic heterocycles. The Morgan fingerprint density at radius 2 is 2.45 bits per heavy atom. The molecule has 0 spiro atoms. The van der Waals surface area contributed by atoms with E-state index in [9.17, 15) is 0 Å². The van der Waals surface area contributed by atoms with Crippen LogP contribution < -0.4 is 5.73 Å². The molecule has 0 saturated heterocycles. The summed E-state index contributed by atoms with van der Waals surface area (Å²) in [5, 5.41) is 0. The van der Waals surface area contributed by atoms with E-state index >= 15 is 0 Å². The fourth-order valence-electron chi connectivity index (χ4n) is 1.62. The van der Waals surface area contributed by atoms with E-state index in [1.165, 1.54) is 11.1 Å². The highest BCUT2D eigenvalue weighted by atomic mass is 14.8. The van der Waals surface area contributed by atoms with E-state index < -0.39 is 0 Å². The smallest absolute Gasteiger partial charge is 0.0603 e. The Morgan fingerprint density at radius 1 is 1.64 bits per heavy atom. The van der Waals surface area contributed by atoms with Crippen LogP contribution >= 0.6 is 0 Å². The van der Waals surface area contributed by atoms with Crippen LogP contribution in [0.5, 0.6) is 0 Å². The van der Waals surface area contributed by atoms with E-state index in [2.05, 4.69) is 18.0 Å². The number of aromatic nitrogens is 1. The Bertz CT molecular complexity index is 281. The maximum absolute atomic E-state index is 5.83. The first kappa shape index (κ1) is 6.80. The highest BCUT2D eigenvalue weighted by Gasteiger charge is 2.19. The number of hydrogen-bond donors (Lipinski definition) is 1. The van der Waals surface area contributed by atoms with Gasteiger partial charge in [-0.3, -0.25) is 4.98 Å². The predicted octanol–water partition coefficient (Wildman–Crippen LogP) is 1.34. The third-order valence-electron chi connectivity index (χ3n) is 2.21. The van der Waals surface area contributed by atoms with Crippen molar-refractivity contribution >= 4 is 0 Å². The molecule has 0 radical (unpaired) electrons. The van der Waals surface area contributed by atoms with Crippen molar-refractivity contribution in [1.29, 1.82) is 0 Å². The van der Waals surface area contributed by atoms with Crippen LogP contribution in [-0.4, -0.2) is 4.98 Å². The van der Waals surface area contributed by atoms with Gasteiger partial charge in [0.15, 0.2) is 0 Å². The summed E-state index contributed by atoms with van der Waals surface area (Å²) in [5.74, 6) is 0. The second-order valence-corrected chi connectivity index (χ2v) is 3.20. The molecule has 2 nitrogen and oxygen atoms in total. The minimum atomic E-state index is 0.186. The largest absolute Gasteiger partial charge is 0.323 e. The Labute approximate surface area is 66.4 Å². The Kier molecular flexibility index (Phi) is 1.43.